The van der Waals surface area contributed by atoms with Crippen molar-refractivity contribution < 1.29 is 4.79 Å². The molecule has 5 nitrogen and oxygen atoms in total. The Bertz CT molecular complexity index is 568. The predicted molar refractivity (Wildman–Crippen MR) is 77.2 cm³/mol. The van der Waals surface area contributed by atoms with Crippen LogP contribution in [0.25, 0.3) is 11.1 Å². The molecule has 0 spiro atoms. The van der Waals surface area contributed by atoms with Gasteiger partial charge in [-0.05, 0) is 29.9 Å². The minimum atomic E-state index is -0.307. The summed E-state index contributed by atoms with van der Waals surface area (Å²) in [6.45, 7) is 1.51. The molecule has 20 heavy (non-hydrogen) atoms. The molecule has 0 saturated carbocycles. The van der Waals surface area contributed by atoms with Crippen LogP contribution in [-0.4, -0.2) is 34.2 Å². The van der Waals surface area contributed by atoms with E-state index in [0.29, 0.717) is 5.92 Å². The highest BCUT2D eigenvalue weighted by atomic mass is 16.2. The maximum Gasteiger partial charge on any atom is 0.314 e. The SMILES string of the molecule is NC(=O)N1CCC(c2ccc(-c3cn[nH]c3)cc2)CC1. The molecule has 3 rings (SSSR count). The number of amides is 2. The van der Waals surface area contributed by atoms with E-state index in [2.05, 4.69) is 34.5 Å². The highest BCUT2D eigenvalue weighted by molar-refractivity contribution is 5.72. The molecule has 0 aliphatic carbocycles. The third-order valence-electron chi connectivity index (χ3n) is 4.02. The molecule has 0 bridgehead atoms. The summed E-state index contributed by atoms with van der Waals surface area (Å²) in [4.78, 5) is 12.8. The third-order valence-corrected chi connectivity index (χ3v) is 4.02. The lowest BCUT2D eigenvalue weighted by molar-refractivity contribution is 0.190. The van der Waals surface area contributed by atoms with Crippen LogP contribution in [0.4, 0.5) is 4.79 Å². The van der Waals surface area contributed by atoms with Gasteiger partial charge in [-0.25, -0.2) is 4.79 Å². The Hall–Kier alpha value is -2.30. The monoisotopic (exact) mass is 270 g/mol. The molecule has 0 unspecified atom stereocenters. The van der Waals surface area contributed by atoms with Crippen LogP contribution < -0.4 is 5.73 Å². The van der Waals surface area contributed by atoms with Gasteiger partial charge in [-0.1, -0.05) is 24.3 Å². The fourth-order valence-corrected chi connectivity index (χ4v) is 2.79. The van der Waals surface area contributed by atoms with Crippen molar-refractivity contribution in [2.75, 3.05) is 13.1 Å². The molecule has 1 aliphatic heterocycles. The lowest BCUT2D eigenvalue weighted by Gasteiger charge is -2.31. The average molecular weight is 270 g/mol. The van der Waals surface area contributed by atoms with Gasteiger partial charge in [0.05, 0.1) is 6.20 Å². The Kier molecular flexibility index (Phi) is 3.41. The predicted octanol–water partition coefficient (Wildman–Crippen LogP) is 2.33. The van der Waals surface area contributed by atoms with Gasteiger partial charge in [0, 0.05) is 24.8 Å². The van der Waals surface area contributed by atoms with E-state index in [1.165, 1.54) is 5.56 Å². The number of hydrogen-bond donors (Lipinski definition) is 2. The molecule has 104 valence electrons. The van der Waals surface area contributed by atoms with Crippen LogP contribution in [0.1, 0.15) is 24.3 Å². The summed E-state index contributed by atoms with van der Waals surface area (Å²) in [5, 5.41) is 6.78. The number of benzene rings is 1. The van der Waals surface area contributed by atoms with Crippen LogP contribution in [0, 0.1) is 0 Å². The molecule has 0 radical (unpaired) electrons. The summed E-state index contributed by atoms with van der Waals surface area (Å²) in [5.41, 5.74) is 8.90. The third kappa shape index (κ3) is 2.52. The molecule has 2 heterocycles. The maximum absolute atomic E-state index is 11.1. The van der Waals surface area contributed by atoms with Crippen molar-refractivity contribution in [3.05, 3.63) is 42.2 Å². The van der Waals surface area contributed by atoms with E-state index >= 15 is 0 Å². The molecule has 3 N–H and O–H groups in total. The standard InChI is InChI=1S/C15H18N4O/c16-15(20)19-7-5-13(6-8-19)11-1-3-12(4-2-11)14-9-17-18-10-14/h1-4,9-10,13H,5-8H2,(H2,16,20)(H,17,18). The summed E-state index contributed by atoms with van der Waals surface area (Å²) < 4.78 is 0. The van der Waals surface area contributed by atoms with Crippen LogP contribution in [0.3, 0.4) is 0 Å². The molecule has 2 amide bonds. The lowest BCUT2D eigenvalue weighted by Crippen LogP contribution is -2.41. The van der Waals surface area contributed by atoms with Crippen molar-refractivity contribution in [3.63, 3.8) is 0 Å². The van der Waals surface area contributed by atoms with Crippen molar-refractivity contribution in [3.8, 4) is 11.1 Å². The second-order valence-electron chi connectivity index (χ2n) is 5.21. The van der Waals surface area contributed by atoms with E-state index in [-0.39, 0.29) is 6.03 Å². The maximum atomic E-state index is 11.1. The Morgan fingerprint density at radius 1 is 1.20 bits per heavy atom. The van der Waals surface area contributed by atoms with E-state index in [0.717, 1.165) is 37.1 Å². The number of H-pyrrole nitrogens is 1. The molecule has 2 aromatic rings. The van der Waals surface area contributed by atoms with Crippen LogP contribution in [0.2, 0.25) is 0 Å². The molecule has 1 fully saturated rings. The molecular weight excluding hydrogens is 252 g/mol. The van der Waals surface area contributed by atoms with Gasteiger partial charge in [-0.3, -0.25) is 5.10 Å². The highest BCUT2D eigenvalue weighted by Crippen LogP contribution is 2.29. The van der Waals surface area contributed by atoms with Crippen molar-refractivity contribution in [1.29, 1.82) is 0 Å². The highest BCUT2D eigenvalue weighted by Gasteiger charge is 2.22. The first kappa shape index (κ1) is 12.7. The summed E-state index contributed by atoms with van der Waals surface area (Å²) in [6, 6.07) is 8.29. The second kappa shape index (κ2) is 5.36. The number of aromatic amines is 1. The number of carbonyl (C=O) groups excluding carboxylic acids is 1. The molecule has 1 aliphatic rings. The van der Waals surface area contributed by atoms with Gasteiger partial charge in [0.1, 0.15) is 0 Å². The zero-order valence-corrected chi connectivity index (χ0v) is 11.2. The summed E-state index contributed by atoms with van der Waals surface area (Å²) in [6.07, 6.45) is 5.67. The Morgan fingerprint density at radius 2 is 1.90 bits per heavy atom. The largest absolute Gasteiger partial charge is 0.351 e. The van der Waals surface area contributed by atoms with Crippen LogP contribution in [-0.2, 0) is 0 Å². The minimum Gasteiger partial charge on any atom is -0.351 e. The molecule has 5 heteroatoms. The van der Waals surface area contributed by atoms with Crippen LogP contribution >= 0.6 is 0 Å². The zero-order chi connectivity index (χ0) is 13.9. The number of aromatic nitrogens is 2. The van der Waals surface area contributed by atoms with Gasteiger partial charge < -0.3 is 10.6 Å². The van der Waals surface area contributed by atoms with Gasteiger partial charge in [0.25, 0.3) is 0 Å². The minimum absolute atomic E-state index is 0.307. The van der Waals surface area contributed by atoms with Crippen molar-refractivity contribution >= 4 is 6.03 Å². The molecule has 0 atom stereocenters. The Morgan fingerprint density at radius 3 is 2.45 bits per heavy atom. The molecule has 1 aromatic carbocycles. The van der Waals surface area contributed by atoms with E-state index < -0.39 is 0 Å². The normalized spacial score (nSPS) is 16.3. The van der Waals surface area contributed by atoms with Crippen molar-refractivity contribution in [1.82, 2.24) is 15.1 Å². The van der Waals surface area contributed by atoms with E-state index in [9.17, 15) is 4.79 Å². The summed E-state index contributed by atoms with van der Waals surface area (Å²) >= 11 is 0. The lowest BCUT2D eigenvalue weighted by atomic mass is 9.89. The quantitative estimate of drug-likeness (QED) is 0.878. The number of piperidine rings is 1. The number of nitrogens with zero attached hydrogens (tertiary/aromatic N) is 2. The first-order chi connectivity index (χ1) is 9.74. The topological polar surface area (TPSA) is 75.0 Å². The van der Waals surface area contributed by atoms with Gasteiger partial charge >= 0.3 is 6.03 Å². The Labute approximate surface area is 117 Å². The van der Waals surface area contributed by atoms with E-state index in [1.54, 1.807) is 4.90 Å². The summed E-state index contributed by atoms with van der Waals surface area (Å²) in [5.74, 6) is 0.518. The van der Waals surface area contributed by atoms with Crippen molar-refractivity contribution in [2.45, 2.75) is 18.8 Å². The van der Waals surface area contributed by atoms with Gasteiger partial charge in [0.15, 0.2) is 0 Å². The fourth-order valence-electron chi connectivity index (χ4n) is 2.79. The number of hydrogen-bond acceptors (Lipinski definition) is 2. The first-order valence-electron chi connectivity index (χ1n) is 6.87. The summed E-state index contributed by atoms with van der Waals surface area (Å²) in [7, 11) is 0. The second-order valence-corrected chi connectivity index (χ2v) is 5.21. The number of nitrogens with one attached hydrogen (secondary N) is 1. The average Bonchev–Trinajstić information content (AvgIpc) is 3.02. The number of urea groups is 1. The van der Waals surface area contributed by atoms with E-state index in [4.69, 9.17) is 5.73 Å². The smallest absolute Gasteiger partial charge is 0.314 e. The van der Waals surface area contributed by atoms with Crippen molar-refractivity contribution in [2.24, 2.45) is 5.73 Å². The number of nitrogens with two attached hydrogens (primary N) is 1. The number of carbonyl (C=O) groups is 1. The first-order valence-corrected chi connectivity index (χ1v) is 6.87. The molecule has 1 aromatic heterocycles. The van der Waals surface area contributed by atoms with Gasteiger partial charge in [0.2, 0.25) is 0 Å². The van der Waals surface area contributed by atoms with Gasteiger partial charge in [-0.2, -0.15) is 5.10 Å². The Balaban J connectivity index is 1.68. The van der Waals surface area contributed by atoms with Gasteiger partial charge in [-0.15, -0.1) is 0 Å². The van der Waals surface area contributed by atoms with E-state index in [1.807, 2.05) is 12.4 Å². The fraction of sp³-hybridized carbons (Fsp3) is 0.333. The van der Waals surface area contributed by atoms with Crippen LogP contribution in [0.15, 0.2) is 36.7 Å². The molecular formula is C15H18N4O. The number of primary amides is 1. The van der Waals surface area contributed by atoms with Crippen LogP contribution in [0.5, 0.6) is 0 Å². The number of likely N-dealkylation sites (tertiary alicyclic amines) is 1. The number of rotatable bonds is 2. The molecule has 1 saturated heterocycles. The zero-order valence-electron chi connectivity index (χ0n) is 11.2.